The van der Waals surface area contributed by atoms with Crippen molar-refractivity contribution in [2.24, 2.45) is 0 Å². The first kappa shape index (κ1) is 11.4. The molecule has 0 saturated carbocycles. The highest BCUT2D eigenvalue weighted by atomic mass is 32.2. The number of methoxy groups -OCH3 is 1. The molecule has 0 N–H and O–H groups in total. The Kier molecular flexibility index (Phi) is 4.82. The SMILES string of the molecule is COC(=O)/C=C/S(=O)CC1CCCO1. The van der Waals surface area contributed by atoms with Crippen molar-refractivity contribution in [3.8, 4) is 0 Å². The van der Waals surface area contributed by atoms with E-state index < -0.39 is 16.8 Å². The molecule has 0 radical (unpaired) electrons. The minimum Gasteiger partial charge on any atom is -0.466 e. The van der Waals surface area contributed by atoms with Gasteiger partial charge in [0.05, 0.1) is 19.0 Å². The lowest BCUT2D eigenvalue weighted by molar-refractivity contribution is -0.134. The zero-order valence-electron chi connectivity index (χ0n) is 8.10. The van der Waals surface area contributed by atoms with Crippen molar-refractivity contribution < 1.29 is 18.5 Å². The Balaban J connectivity index is 2.27. The molecule has 2 atom stereocenters. The van der Waals surface area contributed by atoms with Crippen LogP contribution in [0.4, 0.5) is 0 Å². The van der Waals surface area contributed by atoms with Crippen LogP contribution in [-0.4, -0.2) is 35.8 Å². The number of ether oxygens (including phenoxy) is 2. The van der Waals surface area contributed by atoms with Crippen LogP contribution in [0.15, 0.2) is 11.5 Å². The van der Waals surface area contributed by atoms with Crippen molar-refractivity contribution in [2.75, 3.05) is 19.5 Å². The maximum atomic E-state index is 11.4. The molecule has 4 nitrogen and oxygen atoms in total. The third-order valence-electron chi connectivity index (χ3n) is 1.93. The highest BCUT2D eigenvalue weighted by Gasteiger charge is 2.17. The third-order valence-corrected chi connectivity index (χ3v) is 3.07. The van der Waals surface area contributed by atoms with Crippen LogP contribution >= 0.6 is 0 Å². The van der Waals surface area contributed by atoms with Gasteiger partial charge in [-0.2, -0.15) is 0 Å². The topological polar surface area (TPSA) is 52.6 Å². The van der Waals surface area contributed by atoms with Gasteiger partial charge in [-0.05, 0) is 12.8 Å². The van der Waals surface area contributed by atoms with Gasteiger partial charge >= 0.3 is 5.97 Å². The lowest BCUT2D eigenvalue weighted by atomic mass is 10.3. The standard InChI is InChI=1S/C9H14O4S/c1-12-9(10)4-6-14(11)7-8-3-2-5-13-8/h4,6,8H,2-3,5,7H2,1H3/b6-4+. The van der Waals surface area contributed by atoms with Crippen molar-refractivity contribution >= 4 is 16.8 Å². The average molecular weight is 218 g/mol. The predicted molar refractivity (Wildman–Crippen MR) is 53.1 cm³/mol. The first-order valence-corrected chi connectivity index (χ1v) is 5.85. The number of carbonyl (C=O) groups excluding carboxylic acids is 1. The van der Waals surface area contributed by atoms with Gasteiger partial charge in [0.15, 0.2) is 0 Å². The molecule has 1 aliphatic heterocycles. The molecule has 1 saturated heterocycles. The Morgan fingerprint density at radius 2 is 2.50 bits per heavy atom. The van der Waals surface area contributed by atoms with Crippen LogP contribution < -0.4 is 0 Å². The fourth-order valence-electron chi connectivity index (χ4n) is 1.21. The van der Waals surface area contributed by atoms with Gasteiger partial charge in [0, 0.05) is 28.9 Å². The van der Waals surface area contributed by atoms with Crippen molar-refractivity contribution in [1.29, 1.82) is 0 Å². The monoisotopic (exact) mass is 218 g/mol. The molecule has 0 aromatic carbocycles. The predicted octanol–water partition coefficient (Wildman–Crippen LogP) is 0.601. The number of rotatable bonds is 4. The third kappa shape index (κ3) is 4.02. The van der Waals surface area contributed by atoms with Gasteiger partial charge in [-0.3, -0.25) is 4.21 Å². The van der Waals surface area contributed by atoms with Crippen LogP contribution in [0.1, 0.15) is 12.8 Å². The smallest absolute Gasteiger partial charge is 0.331 e. The van der Waals surface area contributed by atoms with Crippen molar-refractivity contribution in [3.05, 3.63) is 11.5 Å². The Morgan fingerprint density at radius 1 is 1.71 bits per heavy atom. The lowest BCUT2D eigenvalue weighted by Gasteiger charge is -2.05. The van der Waals surface area contributed by atoms with Crippen LogP contribution in [0.25, 0.3) is 0 Å². The molecule has 0 aromatic rings. The van der Waals surface area contributed by atoms with E-state index in [1.54, 1.807) is 0 Å². The summed E-state index contributed by atoms with van der Waals surface area (Å²) in [5.41, 5.74) is 0. The van der Waals surface area contributed by atoms with Gasteiger partial charge in [0.2, 0.25) is 0 Å². The number of carbonyl (C=O) groups is 1. The molecule has 1 heterocycles. The summed E-state index contributed by atoms with van der Waals surface area (Å²) in [5.74, 6) is -0.0151. The normalized spacial score (nSPS) is 23.9. The fraction of sp³-hybridized carbons (Fsp3) is 0.667. The number of hydrogen-bond acceptors (Lipinski definition) is 4. The summed E-state index contributed by atoms with van der Waals surface area (Å²) < 4.78 is 21.0. The van der Waals surface area contributed by atoms with E-state index in [2.05, 4.69) is 4.74 Å². The van der Waals surface area contributed by atoms with Crippen molar-refractivity contribution in [3.63, 3.8) is 0 Å². The highest BCUT2D eigenvalue weighted by Crippen LogP contribution is 2.13. The summed E-state index contributed by atoms with van der Waals surface area (Å²) in [5, 5.41) is 1.35. The van der Waals surface area contributed by atoms with E-state index in [-0.39, 0.29) is 6.10 Å². The molecular weight excluding hydrogens is 204 g/mol. The van der Waals surface area contributed by atoms with E-state index >= 15 is 0 Å². The summed E-state index contributed by atoms with van der Waals surface area (Å²) in [4.78, 5) is 10.7. The molecule has 80 valence electrons. The molecule has 0 amide bonds. The van der Waals surface area contributed by atoms with Gasteiger partial charge in [0.25, 0.3) is 0 Å². The Hall–Kier alpha value is -0.680. The summed E-state index contributed by atoms with van der Waals surface area (Å²) in [6.45, 7) is 0.753. The molecule has 0 bridgehead atoms. The largest absolute Gasteiger partial charge is 0.466 e. The summed E-state index contributed by atoms with van der Waals surface area (Å²) >= 11 is 0. The van der Waals surface area contributed by atoms with Gasteiger partial charge in [-0.15, -0.1) is 0 Å². The summed E-state index contributed by atoms with van der Waals surface area (Å²) in [6, 6.07) is 0. The van der Waals surface area contributed by atoms with Gasteiger partial charge in [-0.25, -0.2) is 4.79 Å². The maximum absolute atomic E-state index is 11.4. The Bertz CT molecular complexity index is 243. The molecule has 0 spiro atoms. The molecule has 5 heteroatoms. The van der Waals surface area contributed by atoms with Gasteiger partial charge < -0.3 is 9.47 Å². The second kappa shape index (κ2) is 5.93. The zero-order chi connectivity index (χ0) is 10.4. The fourth-order valence-corrected chi connectivity index (χ4v) is 2.22. The first-order valence-electron chi connectivity index (χ1n) is 4.47. The van der Waals surface area contributed by atoms with Crippen LogP contribution in [0, 0.1) is 0 Å². The van der Waals surface area contributed by atoms with Crippen LogP contribution in [0.5, 0.6) is 0 Å². The van der Waals surface area contributed by atoms with Crippen molar-refractivity contribution in [2.45, 2.75) is 18.9 Å². The Morgan fingerprint density at radius 3 is 3.07 bits per heavy atom. The van der Waals surface area contributed by atoms with E-state index in [1.165, 1.54) is 18.6 Å². The van der Waals surface area contributed by atoms with Crippen LogP contribution in [0.3, 0.4) is 0 Å². The number of esters is 1. The molecule has 0 aromatic heterocycles. The quantitative estimate of drug-likeness (QED) is 0.512. The van der Waals surface area contributed by atoms with Crippen molar-refractivity contribution in [1.82, 2.24) is 0 Å². The molecule has 2 unspecified atom stereocenters. The Labute approximate surface area is 85.7 Å². The molecule has 1 aliphatic rings. The average Bonchev–Trinajstić information content (AvgIpc) is 2.66. The highest BCUT2D eigenvalue weighted by molar-refractivity contribution is 7.88. The van der Waals surface area contributed by atoms with E-state index in [1.807, 2.05) is 0 Å². The second-order valence-electron chi connectivity index (χ2n) is 3.01. The van der Waals surface area contributed by atoms with Crippen LogP contribution in [-0.2, 0) is 25.1 Å². The van der Waals surface area contributed by atoms with E-state index in [4.69, 9.17) is 4.74 Å². The van der Waals surface area contributed by atoms with E-state index in [9.17, 15) is 9.00 Å². The summed E-state index contributed by atoms with van der Waals surface area (Å²) in [6.07, 6.45) is 3.25. The molecular formula is C9H14O4S. The maximum Gasteiger partial charge on any atom is 0.331 e. The van der Waals surface area contributed by atoms with Gasteiger partial charge in [0.1, 0.15) is 0 Å². The zero-order valence-corrected chi connectivity index (χ0v) is 8.92. The molecule has 1 fully saturated rings. The summed E-state index contributed by atoms with van der Waals surface area (Å²) in [7, 11) is 0.149. The minimum absolute atomic E-state index is 0.0816. The molecule has 14 heavy (non-hydrogen) atoms. The number of hydrogen-bond donors (Lipinski definition) is 0. The van der Waals surface area contributed by atoms with E-state index in [0.717, 1.165) is 19.4 Å². The minimum atomic E-state index is -1.14. The molecule has 0 aliphatic carbocycles. The van der Waals surface area contributed by atoms with Crippen LogP contribution in [0.2, 0.25) is 0 Å². The molecule has 1 rings (SSSR count). The first-order chi connectivity index (χ1) is 6.72. The second-order valence-corrected chi connectivity index (χ2v) is 4.38. The lowest BCUT2D eigenvalue weighted by Crippen LogP contribution is -2.14. The van der Waals surface area contributed by atoms with E-state index in [0.29, 0.717) is 5.75 Å². The van der Waals surface area contributed by atoms with Gasteiger partial charge in [-0.1, -0.05) is 0 Å².